The van der Waals surface area contributed by atoms with E-state index >= 15 is 0 Å². The van der Waals surface area contributed by atoms with Crippen LogP contribution in [-0.2, 0) is 14.3 Å². The van der Waals surface area contributed by atoms with Crippen LogP contribution in [0.15, 0.2) is 22.7 Å². The number of aryl methyl sites for hydroxylation is 2. The molecular formula is C27H36N2O5. The van der Waals surface area contributed by atoms with Crippen LogP contribution in [0.3, 0.4) is 0 Å². The van der Waals surface area contributed by atoms with Crippen LogP contribution in [0, 0.1) is 25.7 Å². The molecule has 1 aromatic carbocycles. The SMILES string of the molecule is Cc1ccc(NC(=O)C[C@H](OCC(=O)O)c2noc(C3CC(CC(C)C)C3)c2C2CC2)c(C)c1. The van der Waals surface area contributed by atoms with E-state index in [-0.39, 0.29) is 12.3 Å². The number of carbonyl (C=O) groups is 2. The third kappa shape index (κ3) is 5.87. The molecule has 7 nitrogen and oxygen atoms in total. The van der Waals surface area contributed by atoms with Crippen LogP contribution in [-0.4, -0.2) is 28.7 Å². The average Bonchev–Trinajstić information content (AvgIpc) is 3.48. The molecule has 2 aromatic rings. The van der Waals surface area contributed by atoms with Crippen LogP contribution in [0.5, 0.6) is 0 Å². The summed E-state index contributed by atoms with van der Waals surface area (Å²) in [5, 5.41) is 16.5. The molecule has 2 aliphatic carbocycles. The lowest BCUT2D eigenvalue weighted by atomic mass is 9.69. The molecule has 2 saturated carbocycles. The fourth-order valence-corrected chi connectivity index (χ4v) is 5.17. The van der Waals surface area contributed by atoms with Crippen molar-refractivity contribution in [3.63, 3.8) is 0 Å². The number of carboxylic acid groups (broad SMARTS) is 1. The largest absolute Gasteiger partial charge is 0.480 e. The van der Waals surface area contributed by atoms with Crippen molar-refractivity contribution >= 4 is 17.6 Å². The Kier molecular flexibility index (Phi) is 7.41. The molecule has 0 radical (unpaired) electrons. The summed E-state index contributed by atoms with van der Waals surface area (Å²) in [6.07, 6.45) is 4.75. The lowest BCUT2D eigenvalue weighted by molar-refractivity contribution is -0.145. The highest BCUT2D eigenvalue weighted by Crippen LogP contribution is 2.52. The van der Waals surface area contributed by atoms with E-state index in [0.29, 0.717) is 29.4 Å². The number of rotatable bonds is 11. The number of hydrogen-bond donors (Lipinski definition) is 2. The Hall–Kier alpha value is -2.67. The average molecular weight is 469 g/mol. The quantitative estimate of drug-likeness (QED) is 0.427. The Labute approximate surface area is 201 Å². The molecule has 2 N–H and O–H groups in total. The standard InChI is InChI=1S/C27H36N2O5/c1-15(2)9-18-11-20(12-18)27-25(19-6-7-19)26(29-34-27)22(33-14-24(31)32)13-23(30)28-21-8-5-16(3)10-17(21)4/h5,8,10,15,18-20,22H,6-7,9,11-14H2,1-4H3,(H,28,30)(H,31,32)/t18?,20?,22-/m0/s1. The van der Waals surface area contributed by atoms with E-state index in [9.17, 15) is 14.7 Å². The predicted octanol–water partition coefficient (Wildman–Crippen LogP) is 5.88. The van der Waals surface area contributed by atoms with Gasteiger partial charge in [-0.05, 0) is 75.3 Å². The first kappa shape index (κ1) is 24.5. The van der Waals surface area contributed by atoms with Crippen LogP contribution in [0.1, 0.15) is 98.5 Å². The van der Waals surface area contributed by atoms with Gasteiger partial charge in [0.15, 0.2) is 0 Å². The summed E-state index contributed by atoms with van der Waals surface area (Å²) in [5.74, 6) is 1.72. The van der Waals surface area contributed by atoms with E-state index in [1.165, 1.54) is 6.42 Å². The normalized spacial score (nSPS) is 20.7. The fraction of sp³-hybridized carbons (Fsp3) is 0.593. The summed E-state index contributed by atoms with van der Waals surface area (Å²) in [4.78, 5) is 24.2. The van der Waals surface area contributed by atoms with E-state index in [1.807, 2.05) is 32.0 Å². The van der Waals surface area contributed by atoms with E-state index in [2.05, 4.69) is 24.3 Å². The van der Waals surface area contributed by atoms with Crippen molar-refractivity contribution in [2.75, 3.05) is 11.9 Å². The molecular weight excluding hydrogens is 432 g/mol. The molecule has 1 heterocycles. The number of benzene rings is 1. The summed E-state index contributed by atoms with van der Waals surface area (Å²) in [7, 11) is 0. The van der Waals surface area contributed by atoms with Gasteiger partial charge in [0.25, 0.3) is 0 Å². The van der Waals surface area contributed by atoms with Gasteiger partial charge in [0, 0.05) is 17.2 Å². The number of ether oxygens (including phenoxy) is 1. The van der Waals surface area contributed by atoms with Crippen molar-refractivity contribution < 1.29 is 24.0 Å². The van der Waals surface area contributed by atoms with E-state index < -0.39 is 18.7 Å². The number of nitrogens with one attached hydrogen (secondary N) is 1. The van der Waals surface area contributed by atoms with Crippen molar-refractivity contribution in [2.45, 2.75) is 84.2 Å². The number of amides is 1. The van der Waals surface area contributed by atoms with Crippen LogP contribution in [0.2, 0.25) is 0 Å². The Balaban J connectivity index is 1.52. The van der Waals surface area contributed by atoms with E-state index in [4.69, 9.17) is 9.26 Å². The van der Waals surface area contributed by atoms with Crippen molar-refractivity contribution in [1.82, 2.24) is 5.16 Å². The fourth-order valence-electron chi connectivity index (χ4n) is 5.17. The van der Waals surface area contributed by atoms with Crippen molar-refractivity contribution in [2.24, 2.45) is 11.8 Å². The van der Waals surface area contributed by atoms with Gasteiger partial charge in [-0.25, -0.2) is 4.79 Å². The lowest BCUT2D eigenvalue weighted by Gasteiger charge is -2.35. The van der Waals surface area contributed by atoms with Crippen LogP contribution in [0.4, 0.5) is 5.69 Å². The molecule has 1 aromatic heterocycles. The first-order chi connectivity index (χ1) is 16.2. The summed E-state index contributed by atoms with van der Waals surface area (Å²) in [6.45, 7) is 7.96. The monoisotopic (exact) mass is 468 g/mol. The molecule has 0 saturated heterocycles. The smallest absolute Gasteiger partial charge is 0.329 e. The molecule has 34 heavy (non-hydrogen) atoms. The molecule has 184 valence electrons. The van der Waals surface area contributed by atoms with Gasteiger partial charge in [-0.15, -0.1) is 0 Å². The summed E-state index contributed by atoms with van der Waals surface area (Å²) < 4.78 is 11.6. The minimum Gasteiger partial charge on any atom is -0.480 e. The van der Waals surface area contributed by atoms with Gasteiger partial charge in [-0.1, -0.05) is 36.7 Å². The second kappa shape index (κ2) is 10.3. The third-order valence-electron chi connectivity index (χ3n) is 6.92. The molecule has 2 fully saturated rings. The van der Waals surface area contributed by atoms with Gasteiger partial charge >= 0.3 is 5.97 Å². The van der Waals surface area contributed by atoms with Gasteiger partial charge in [-0.2, -0.15) is 0 Å². The number of aromatic nitrogens is 1. The minimum atomic E-state index is -1.08. The topological polar surface area (TPSA) is 102 Å². The van der Waals surface area contributed by atoms with Crippen LogP contribution < -0.4 is 5.32 Å². The Bertz CT molecular complexity index is 1030. The van der Waals surface area contributed by atoms with Gasteiger partial charge in [0.2, 0.25) is 5.91 Å². The first-order valence-electron chi connectivity index (χ1n) is 12.4. The van der Waals surface area contributed by atoms with Crippen molar-refractivity contribution in [3.8, 4) is 0 Å². The van der Waals surface area contributed by atoms with E-state index in [1.54, 1.807) is 0 Å². The summed E-state index contributed by atoms with van der Waals surface area (Å²) in [5.41, 5.74) is 4.49. The maximum absolute atomic E-state index is 12.9. The van der Waals surface area contributed by atoms with Gasteiger partial charge < -0.3 is 19.7 Å². The molecule has 4 rings (SSSR count). The molecule has 0 spiro atoms. The van der Waals surface area contributed by atoms with Gasteiger partial charge in [-0.3, -0.25) is 4.79 Å². The van der Waals surface area contributed by atoms with Crippen LogP contribution in [0.25, 0.3) is 0 Å². The maximum atomic E-state index is 12.9. The zero-order valence-electron chi connectivity index (χ0n) is 20.6. The number of nitrogens with zero attached hydrogens (tertiary/aromatic N) is 1. The second-order valence-electron chi connectivity index (χ2n) is 10.5. The first-order valence-corrected chi connectivity index (χ1v) is 12.4. The number of aliphatic carboxylic acids is 1. The highest BCUT2D eigenvalue weighted by atomic mass is 16.5. The third-order valence-corrected chi connectivity index (χ3v) is 6.92. The van der Waals surface area contributed by atoms with Gasteiger partial charge in [0.1, 0.15) is 24.2 Å². The zero-order chi connectivity index (χ0) is 24.4. The molecule has 0 unspecified atom stereocenters. The molecule has 7 heteroatoms. The highest BCUT2D eigenvalue weighted by Gasteiger charge is 2.42. The lowest BCUT2D eigenvalue weighted by Crippen LogP contribution is -2.24. The number of hydrogen-bond acceptors (Lipinski definition) is 5. The number of carbonyl (C=O) groups excluding carboxylic acids is 1. The summed E-state index contributed by atoms with van der Waals surface area (Å²) >= 11 is 0. The zero-order valence-corrected chi connectivity index (χ0v) is 20.6. The maximum Gasteiger partial charge on any atom is 0.329 e. The van der Waals surface area contributed by atoms with E-state index in [0.717, 1.165) is 53.8 Å². The predicted molar refractivity (Wildman–Crippen MR) is 129 cm³/mol. The molecule has 0 bridgehead atoms. The Morgan fingerprint density at radius 1 is 1.21 bits per heavy atom. The minimum absolute atomic E-state index is 0.0209. The molecule has 1 atom stereocenters. The molecule has 0 aliphatic heterocycles. The van der Waals surface area contributed by atoms with Crippen molar-refractivity contribution in [3.05, 3.63) is 46.3 Å². The summed E-state index contributed by atoms with van der Waals surface area (Å²) in [6, 6.07) is 5.83. The second-order valence-corrected chi connectivity index (χ2v) is 10.5. The van der Waals surface area contributed by atoms with Gasteiger partial charge in [0.05, 0.1) is 6.42 Å². The Morgan fingerprint density at radius 3 is 2.56 bits per heavy atom. The van der Waals surface area contributed by atoms with Crippen molar-refractivity contribution in [1.29, 1.82) is 0 Å². The number of carboxylic acids is 1. The van der Waals surface area contributed by atoms with Crippen LogP contribution >= 0.6 is 0 Å². The molecule has 2 aliphatic rings. The Morgan fingerprint density at radius 2 is 1.94 bits per heavy atom. The number of anilines is 1. The highest BCUT2D eigenvalue weighted by molar-refractivity contribution is 5.92. The molecule has 1 amide bonds.